The molecule has 0 unspecified atom stereocenters. The summed E-state index contributed by atoms with van der Waals surface area (Å²) in [6.45, 7) is 4.17. The van der Waals surface area contributed by atoms with Crippen molar-refractivity contribution in [2.24, 2.45) is 0 Å². The predicted octanol–water partition coefficient (Wildman–Crippen LogP) is 3.43. The Hall–Kier alpha value is -1.22. The summed E-state index contributed by atoms with van der Waals surface area (Å²) in [4.78, 5) is 11.0. The van der Waals surface area contributed by atoms with Gasteiger partial charge in [-0.15, -0.1) is 11.8 Å². The summed E-state index contributed by atoms with van der Waals surface area (Å²) in [5.74, 6) is 0.623. The lowest BCUT2D eigenvalue weighted by atomic mass is 10.2. The largest absolute Gasteiger partial charge is 0.466 e. The number of hydrogen-bond acceptors (Lipinski definition) is 3. The first-order chi connectivity index (χ1) is 8.03. The summed E-state index contributed by atoms with van der Waals surface area (Å²) in [5, 5.41) is 0. The third-order valence-electron chi connectivity index (χ3n) is 2.28. The molecular formula is C14H18O2S. The van der Waals surface area contributed by atoms with Crippen molar-refractivity contribution in [2.45, 2.75) is 24.3 Å². The molecule has 0 radical (unpaired) electrons. The van der Waals surface area contributed by atoms with E-state index in [-0.39, 0.29) is 10.7 Å². The van der Waals surface area contributed by atoms with Crippen LogP contribution in [0.1, 0.15) is 19.4 Å². The second kappa shape index (κ2) is 6.50. The SMILES string of the molecule is COC(=O)C=CC(C)(C)SCc1ccccc1. The van der Waals surface area contributed by atoms with Crippen LogP contribution < -0.4 is 0 Å². The fraction of sp³-hybridized carbons (Fsp3) is 0.357. The lowest BCUT2D eigenvalue weighted by Crippen LogP contribution is -2.11. The average Bonchev–Trinajstić information content (AvgIpc) is 2.35. The van der Waals surface area contributed by atoms with Gasteiger partial charge in [-0.25, -0.2) is 4.79 Å². The van der Waals surface area contributed by atoms with Crippen LogP contribution in [0.5, 0.6) is 0 Å². The first-order valence-electron chi connectivity index (χ1n) is 5.48. The van der Waals surface area contributed by atoms with Crippen LogP contribution in [0, 0.1) is 0 Å². The summed E-state index contributed by atoms with van der Waals surface area (Å²) < 4.78 is 4.49. The Bertz CT molecular complexity index is 382. The smallest absolute Gasteiger partial charge is 0.330 e. The van der Waals surface area contributed by atoms with Gasteiger partial charge >= 0.3 is 5.97 Å². The molecule has 0 aromatic heterocycles. The van der Waals surface area contributed by atoms with Crippen LogP contribution in [-0.4, -0.2) is 17.8 Å². The molecule has 1 aromatic carbocycles. The summed E-state index contributed by atoms with van der Waals surface area (Å²) >= 11 is 1.79. The fourth-order valence-electron chi connectivity index (χ4n) is 1.23. The zero-order valence-electron chi connectivity index (χ0n) is 10.5. The summed E-state index contributed by atoms with van der Waals surface area (Å²) in [6, 6.07) is 10.3. The molecule has 0 spiro atoms. The van der Waals surface area contributed by atoms with Crippen molar-refractivity contribution in [3.8, 4) is 0 Å². The van der Waals surface area contributed by atoms with Gasteiger partial charge in [0.2, 0.25) is 0 Å². The maximum Gasteiger partial charge on any atom is 0.330 e. The highest BCUT2D eigenvalue weighted by Gasteiger charge is 2.14. The monoisotopic (exact) mass is 250 g/mol. The lowest BCUT2D eigenvalue weighted by Gasteiger charge is -2.19. The van der Waals surface area contributed by atoms with Crippen molar-refractivity contribution in [1.29, 1.82) is 0 Å². The average molecular weight is 250 g/mol. The molecule has 0 saturated carbocycles. The van der Waals surface area contributed by atoms with Gasteiger partial charge in [0.05, 0.1) is 7.11 Å². The van der Waals surface area contributed by atoms with Gasteiger partial charge in [0, 0.05) is 16.6 Å². The number of thioether (sulfide) groups is 1. The summed E-state index contributed by atoms with van der Waals surface area (Å²) in [6.07, 6.45) is 3.37. The normalized spacial score (nSPS) is 11.7. The van der Waals surface area contributed by atoms with Gasteiger partial charge in [-0.1, -0.05) is 36.4 Å². The number of esters is 1. The Labute approximate surface area is 107 Å². The van der Waals surface area contributed by atoms with Crippen molar-refractivity contribution in [1.82, 2.24) is 0 Å². The maximum atomic E-state index is 11.0. The Morgan fingerprint density at radius 1 is 1.35 bits per heavy atom. The molecule has 0 amide bonds. The maximum absolute atomic E-state index is 11.0. The van der Waals surface area contributed by atoms with Crippen molar-refractivity contribution >= 4 is 17.7 Å². The molecule has 0 aliphatic carbocycles. The van der Waals surface area contributed by atoms with E-state index in [9.17, 15) is 4.79 Å². The van der Waals surface area contributed by atoms with E-state index in [2.05, 4.69) is 30.7 Å². The van der Waals surface area contributed by atoms with Crippen molar-refractivity contribution < 1.29 is 9.53 Å². The van der Waals surface area contributed by atoms with Gasteiger partial charge in [-0.3, -0.25) is 0 Å². The number of rotatable bonds is 5. The molecular weight excluding hydrogens is 232 g/mol. The Kier molecular flexibility index (Phi) is 5.29. The number of benzene rings is 1. The highest BCUT2D eigenvalue weighted by Crippen LogP contribution is 2.29. The minimum atomic E-state index is -0.307. The molecule has 0 atom stereocenters. The Morgan fingerprint density at radius 3 is 2.59 bits per heavy atom. The lowest BCUT2D eigenvalue weighted by molar-refractivity contribution is -0.134. The van der Waals surface area contributed by atoms with Crippen LogP contribution in [-0.2, 0) is 15.3 Å². The molecule has 0 heterocycles. The van der Waals surface area contributed by atoms with E-state index in [0.29, 0.717) is 0 Å². The fourth-order valence-corrected chi connectivity index (χ4v) is 2.12. The van der Waals surface area contributed by atoms with E-state index in [0.717, 1.165) is 5.75 Å². The first-order valence-corrected chi connectivity index (χ1v) is 6.47. The number of ether oxygens (including phenoxy) is 1. The minimum absolute atomic E-state index is 0.0793. The molecule has 0 saturated heterocycles. The van der Waals surface area contributed by atoms with Crippen LogP contribution in [0.4, 0.5) is 0 Å². The molecule has 17 heavy (non-hydrogen) atoms. The van der Waals surface area contributed by atoms with E-state index in [1.165, 1.54) is 18.7 Å². The Morgan fingerprint density at radius 2 is 2.00 bits per heavy atom. The standard InChI is InChI=1S/C14H18O2S/c1-14(2,10-9-13(15)16-3)17-11-12-7-5-4-6-8-12/h4-10H,11H2,1-3H3. The zero-order chi connectivity index (χ0) is 12.7. The topological polar surface area (TPSA) is 26.3 Å². The second-order valence-electron chi connectivity index (χ2n) is 4.23. The van der Waals surface area contributed by atoms with E-state index in [1.54, 1.807) is 11.8 Å². The molecule has 3 heteroatoms. The molecule has 0 bridgehead atoms. The first kappa shape index (κ1) is 13.8. The van der Waals surface area contributed by atoms with Crippen molar-refractivity contribution in [2.75, 3.05) is 7.11 Å². The summed E-state index contributed by atoms with van der Waals surface area (Å²) in [5.41, 5.74) is 1.29. The van der Waals surface area contributed by atoms with Crippen LogP contribution in [0.3, 0.4) is 0 Å². The van der Waals surface area contributed by atoms with E-state index in [4.69, 9.17) is 0 Å². The molecule has 0 N–H and O–H groups in total. The van der Waals surface area contributed by atoms with Crippen molar-refractivity contribution in [3.63, 3.8) is 0 Å². The predicted molar refractivity (Wildman–Crippen MR) is 73.0 cm³/mol. The molecule has 0 aliphatic heterocycles. The van der Waals surface area contributed by atoms with Crippen LogP contribution in [0.15, 0.2) is 42.5 Å². The van der Waals surface area contributed by atoms with Gasteiger partial charge in [0.15, 0.2) is 0 Å². The van der Waals surface area contributed by atoms with E-state index in [1.807, 2.05) is 24.3 Å². The molecule has 1 aromatic rings. The quantitative estimate of drug-likeness (QED) is 0.591. The molecule has 1 rings (SSSR count). The number of methoxy groups -OCH3 is 1. The van der Waals surface area contributed by atoms with E-state index >= 15 is 0 Å². The molecule has 0 aliphatic rings. The molecule has 2 nitrogen and oxygen atoms in total. The number of carbonyl (C=O) groups is 1. The van der Waals surface area contributed by atoms with Gasteiger partial charge in [0.25, 0.3) is 0 Å². The zero-order valence-corrected chi connectivity index (χ0v) is 11.3. The number of hydrogen-bond donors (Lipinski definition) is 0. The minimum Gasteiger partial charge on any atom is -0.466 e. The molecule has 92 valence electrons. The summed E-state index contributed by atoms with van der Waals surface area (Å²) in [7, 11) is 1.39. The van der Waals surface area contributed by atoms with Crippen molar-refractivity contribution in [3.05, 3.63) is 48.0 Å². The van der Waals surface area contributed by atoms with Gasteiger partial charge in [-0.05, 0) is 19.4 Å². The van der Waals surface area contributed by atoms with E-state index < -0.39 is 0 Å². The highest BCUT2D eigenvalue weighted by molar-refractivity contribution is 8.00. The second-order valence-corrected chi connectivity index (χ2v) is 5.86. The molecule has 0 fully saturated rings. The van der Waals surface area contributed by atoms with Gasteiger partial charge in [-0.2, -0.15) is 0 Å². The van der Waals surface area contributed by atoms with Crippen LogP contribution in [0.2, 0.25) is 0 Å². The third kappa shape index (κ3) is 5.59. The van der Waals surface area contributed by atoms with Gasteiger partial charge < -0.3 is 4.74 Å². The van der Waals surface area contributed by atoms with Crippen LogP contribution >= 0.6 is 11.8 Å². The Balaban J connectivity index is 2.50. The third-order valence-corrected chi connectivity index (χ3v) is 3.63. The van der Waals surface area contributed by atoms with Crippen LogP contribution in [0.25, 0.3) is 0 Å². The highest BCUT2D eigenvalue weighted by atomic mass is 32.2. The number of carbonyl (C=O) groups excluding carboxylic acids is 1. The van der Waals surface area contributed by atoms with Gasteiger partial charge in [0.1, 0.15) is 0 Å².